The summed E-state index contributed by atoms with van der Waals surface area (Å²) in [5.74, 6) is 1.66. The zero-order valence-corrected chi connectivity index (χ0v) is 50.8. The molecule has 2 unspecified atom stereocenters. The Morgan fingerprint density at radius 2 is 0.719 bits per heavy atom. The molecule has 0 bridgehead atoms. The first kappa shape index (κ1) is 58.9. The molecule has 16 heteroatoms. The summed E-state index contributed by atoms with van der Waals surface area (Å²) in [5, 5.41) is 0. The molecule has 8 aromatic carbocycles. The van der Waals surface area contributed by atoms with Gasteiger partial charge in [-0.3, -0.25) is 53.1 Å². The number of carbonyl (C=O) groups excluding carboxylic acids is 8. The zero-order chi connectivity index (χ0) is 63.0. The molecule has 5 aliphatic rings. The van der Waals surface area contributed by atoms with E-state index in [4.69, 9.17) is 18.9 Å². The monoisotopic (exact) mass is 1190 g/mol. The van der Waals surface area contributed by atoms with Crippen molar-refractivity contribution in [3.05, 3.63) is 231 Å². The molecule has 16 nitrogen and oxygen atoms in total. The molecular formula is C73H64N4O12. The smallest absolute Gasteiger partial charge is 0.266 e. The molecule has 1 fully saturated rings. The highest BCUT2D eigenvalue weighted by Gasteiger charge is 2.46. The average Bonchev–Trinajstić information content (AvgIpc) is 2.07. The van der Waals surface area contributed by atoms with Gasteiger partial charge in [-0.15, -0.1) is 0 Å². The molecule has 448 valence electrons. The van der Waals surface area contributed by atoms with E-state index in [1.807, 2.05) is 67.6 Å². The average molecular weight is 1190 g/mol. The van der Waals surface area contributed by atoms with Gasteiger partial charge in [0, 0.05) is 26.1 Å². The van der Waals surface area contributed by atoms with E-state index in [9.17, 15) is 38.4 Å². The van der Waals surface area contributed by atoms with Crippen LogP contribution in [0, 0.1) is 23.7 Å². The van der Waals surface area contributed by atoms with E-state index < -0.39 is 17.7 Å². The summed E-state index contributed by atoms with van der Waals surface area (Å²) in [6, 6.07) is 49.6. The van der Waals surface area contributed by atoms with Gasteiger partial charge in [0.1, 0.15) is 46.0 Å². The van der Waals surface area contributed by atoms with Crippen LogP contribution in [0.1, 0.15) is 160 Å². The Kier molecular flexibility index (Phi) is 14.8. The summed E-state index contributed by atoms with van der Waals surface area (Å²) in [7, 11) is 2.86. The van der Waals surface area contributed by atoms with Crippen molar-refractivity contribution in [1.29, 1.82) is 0 Å². The molecule has 4 heterocycles. The van der Waals surface area contributed by atoms with Crippen molar-refractivity contribution in [2.75, 3.05) is 25.5 Å². The second kappa shape index (κ2) is 22.3. The fraction of sp³-hybridized carbons (Fsp3) is 0.233. The van der Waals surface area contributed by atoms with Gasteiger partial charge in [0.2, 0.25) is 0 Å². The molecule has 1 saturated carbocycles. The minimum absolute atomic E-state index is 0.130. The number of fused-ring (bicyclic) bond motifs is 4. The van der Waals surface area contributed by atoms with Crippen LogP contribution in [0.4, 0.5) is 5.69 Å². The quantitative estimate of drug-likeness (QED) is 0.0996. The molecule has 13 rings (SSSR count). The lowest BCUT2D eigenvalue weighted by Crippen LogP contribution is -2.45. The predicted molar refractivity (Wildman–Crippen MR) is 333 cm³/mol. The topological polar surface area (TPSA) is 186 Å². The van der Waals surface area contributed by atoms with Gasteiger partial charge < -0.3 is 18.9 Å². The number of ether oxygens (including phenoxy) is 4. The summed E-state index contributed by atoms with van der Waals surface area (Å²) in [6.45, 7) is 15.7. The van der Waals surface area contributed by atoms with Gasteiger partial charge in [0.15, 0.2) is 0 Å². The number of rotatable bonds is 13. The van der Waals surface area contributed by atoms with E-state index in [1.54, 1.807) is 72.8 Å². The summed E-state index contributed by atoms with van der Waals surface area (Å²) in [6.07, 6.45) is 3.08. The van der Waals surface area contributed by atoms with Crippen molar-refractivity contribution < 1.29 is 57.3 Å². The number of imide groups is 4. The van der Waals surface area contributed by atoms with Gasteiger partial charge in [-0.1, -0.05) is 83.5 Å². The number of anilines is 1. The lowest BCUT2D eigenvalue weighted by atomic mass is 9.61. The number of hydrogen-bond donors (Lipinski definition) is 0. The first-order valence-electron chi connectivity index (χ1n) is 29.4. The Bertz CT molecular complexity index is 4290. The molecular weight excluding hydrogens is 1120 g/mol. The number of aryl methyl sites for hydroxylation is 1. The van der Waals surface area contributed by atoms with Crippen molar-refractivity contribution in [3.8, 4) is 46.0 Å². The first-order valence-corrected chi connectivity index (χ1v) is 29.4. The highest BCUT2D eigenvalue weighted by molar-refractivity contribution is 6.34. The number of benzene rings is 8. The van der Waals surface area contributed by atoms with Crippen LogP contribution in [0.3, 0.4) is 0 Å². The second-order valence-electron chi connectivity index (χ2n) is 25.4. The third kappa shape index (κ3) is 11.2. The summed E-state index contributed by atoms with van der Waals surface area (Å²) >= 11 is 0. The maximum Gasteiger partial charge on any atom is 0.266 e. The first-order chi connectivity index (χ1) is 42.3. The highest BCUT2D eigenvalue weighted by Crippen LogP contribution is 2.50. The van der Waals surface area contributed by atoms with Crippen LogP contribution in [0.25, 0.3) is 0 Å². The minimum atomic E-state index is -0.489. The zero-order valence-electron chi connectivity index (χ0n) is 50.8. The van der Waals surface area contributed by atoms with Crippen LogP contribution < -0.4 is 23.8 Å². The van der Waals surface area contributed by atoms with Crippen LogP contribution in [-0.4, -0.2) is 82.6 Å². The Morgan fingerprint density at radius 1 is 0.404 bits per heavy atom. The third-order valence-corrected chi connectivity index (χ3v) is 17.3. The number of carbonyl (C=O) groups is 8. The molecule has 2 atom stereocenters. The SMILES string of the molecule is CC1CC(C)(C)CC(C)(CN2C(=O)c3ccc(Oc4ccc5c(c4)C(=O)N(C)C5=O)cc3C2=O)C1.Cc1ccc(Oc2ccc(C(C)(C)c3ccc(Oc4ccc(N5C(=O)c6ccc(Oc7ccc8c(c7)C(=O)N(C)C8=O)cc6C5=O)cc4)cc3)cc2)cc1. The van der Waals surface area contributed by atoms with Gasteiger partial charge >= 0.3 is 0 Å². The van der Waals surface area contributed by atoms with Crippen LogP contribution >= 0.6 is 0 Å². The van der Waals surface area contributed by atoms with Crippen LogP contribution in [-0.2, 0) is 5.41 Å². The summed E-state index contributed by atoms with van der Waals surface area (Å²) < 4.78 is 24.0. The van der Waals surface area contributed by atoms with Crippen LogP contribution in [0.5, 0.6) is 46.0 Å². The normalized spacial score (nSPS) is 18.2. The number of amides is 8. The van der Waals surface area contributed by atoms with E-state index in [0.29, 0.717) is 74.9 Å². The number of nitrogens with zero attached hydrogens (tertiary/aromatic N) is 4. The van der Waals surface area contributed by atoms with Gasteiger partial charge in [0.25, 0.3) is 47.3 Å². The summed E-state index contributed by atoms with van der Waals surface area (Å²) in [5.41, 5.74) is 5.92. The molecule has 4 aliphatic heterocycles. The Hall–Kier alpha value is -10.5. The largest absolute Gasteiger partial charge is 0.457 e. The molecule has 0 aromatic heterocycles. The Morgan fingerprint density at radius 3 is 1.15 bits per heavy atom. The van der Waals surface area contributed by atoms with E-state index in [2.05, 4.69) is 53.7 Å². The second-order valence-corrected chi connectivity index (χ2v) is 25.4. The fourth-order valence-electron chi connectivity index (χ4n) is 13.3. The maximum absolute atomic E-state index is 13.5. The van der Waals surface area contributed by atoms with E-state index in [0.717, 1.165) is 56.6 Å². The van der Waals surface area contributed by atoms with E-state index in [-0.39, 0.29) is 68.0 Å². The molecule has 8 amide bonds. The van der Waals surface area contributed by atoms with Crippen molar-refractivity contribution >= 4 is 52.9 Å². The minimum Gasteiger partial charge on any atom is -0.457 e. The maximum atomic E-state index is 13.5. The lowest BCUT2D eigenvalue weighted by Gasteiger charge is -2.47. The fourth-order valence-corrected chi connectivity index (χ4v) is 13.3. The third-order valence-electron chi connectivity index (χ3n) is 17.3. The summed E-state index contributed by atoms with van der Waals surface area (Å²) in [4.78, 5) is 107. The molecule has 0 radical (unpaired) electrons. The van der Waals surface area contributed by atoms with Gasteiger partial charge in [-0.25, -0.2) is 4.90 Å². The van der Waals surface area contributed by atoms with E-state index >= 15 is 0 Å². The highest BCUT2D eigenvalue weighted by atomic mass is 16.5. The van der Waals surface area contributed by atoms with Crippen LogP contribution in [0.2, 0.25) is 0 Å². The van der Waals surface area contributed by atoms with Crippen molar-refractivity contribution in [1.82, 2.24) is 14.7 Å². The molecule has 8 aromatic rings. The van der Waals surface area contributed by atoms with Gasteiger partial charge in [-0.2, -0.15) is 0 Å². The Labute approximate surface area is 515 Å². The molecule has 0 saturated heterocycles. The van der Waals surface area contributed by atoms with Gasteiger partial charge in [0.05, 0.1) is 50.2 Å². The van der Waals surface area contributed by atoms with Crippen molar-refractivity contribution in [2.24, 2.45) is 16.7 Å². The lowest BCUT2D eigenvalue weighted by molar-refractivity contribution is 0.0260. The van der Waals surface area contributed by atoms with Crippen LogP contribution in [0.15, 0.2) is 170 Å². The Balaban J connectivity index is 0.000000190. The molecule has 0 spiro atoms. The molecule has 0 N–H and O–H groups in total. The molecule has 1 aliphatic carbocycles. The molecule has 89 heavy (non-hydrogen) atoms. The van der Waals surface area contributed by atoms with Crippen molar-refractivity contribution in [2.45, 2.75) is 73.1 Å². The van der Waals surface area contributed by atoms with E-state index in [1.165, 1.54) is 48.8 Å². The number of hydrogen-bond acceptors (Lipinski definition) is 12. The standard InChI is InChI=1S/C45H34N2O7.C28H30N2O5/c1-27-5-13-31(14-6-27)52-32-15-7-28(8-16-32)45(2,3)29-9-17-33(18-10-29)53-34-19-11-30(12-20-34)47-43(50)38-24-22-36(26-40(38)44(47)51)54-35-21-23-37-39(25-35)42(49)46(4)41(37)48;1-16-12-27(2,3)14-28(4,13-16)15-30-25(33)20-9-7-18(11-22(20)26(30)34)35-17-6-8-19-21(10-17)24(32)29(5)23(19)31/h5-26H,1-4H3;6-11,16H,12-15H2,1-5H3. The van der Waals surface area contributed by atoms with Gasteiger partial charge in [-0.05, 0) is 188 Å². The predicted octanol–water partition coefficient (Wildman–Crippen LogP) is 14.9. The van der Waals surface area contributed by atoms with Crippen molar-refractivity contribution in [3.63, 3.8) is 0 Å².